The lowest BCUT2D eigenvalue weighted by Gasteiger charge is -2.21. The summed E-state index contributed by atoms with van der Waals surface area (Å²) in [6, 6.07) is 8.00. The highest BCUT2D eigenvalue weighted by Crippen LogP contribution is 2.20. The van der Waals surface area contributed by atoms with Crippen molar-refractivity contribution in [1.29, 1.82) is 0 Å². The first kappa shape index (κ1) is 16.5. The first-order valence-corrected chi connectivity index (χ1v) is 8.42. The summed E-state index contributed by atoms with van der Waals surface area (Å²) in [5.41, 5.74) is 2.96. The van der Waals surface area contributed by atoms with Gasteiger partial charge < -0.3 is 10.2 Å². The summed E-state index contributed by atoms with van der Waals surface area (Å²) in [6.45, 7) is 10.1. The Bertz CT molecular complexity index is 630. The third-order valence-corrected chi connectivity index (χ3v) is 4.67. The van der Waals surface area contributed by atoms with Crippen LogP contribution >= 0.6 is 11.3 Å². The maximum absolute atomic E-state index is 12.1. The standard InChI is InChI=1S/C17H23N3OS/c1-5-20(6-2)15-9-7-14(8-10-15)19-17(21)11-16-12(3)18-13(4)22-16/h7-10H,5-6,11H2,1-4H3,(H,19,21). The lowest BCUT2D eigenvalue weighted by Crippen LogP contribution is -2.21. The van der Waals surface area contributed by atoms with Gasteiger partial charge in [0, 0.05) is 29.3 Å². The number of aromatic nitrogens is 1. The van der Waals surface area contributed by atoms with Crippen LogP contribution in [0.25, 0.3) is 0 Å². The van der Waals surface area contributed by atoms with Gasteiger partial charge in [0.05, 0.1) is 17.1 Å². The molecule has 0 aliphatic heterocycles. The normalized spacial score (nSPS) is 10.5. The van der Waals surface area contributed by atoms with E-state index in [0.717, 1.165) is 34.4 Å². The van der Waals surface area contributed by atoms with E-state index in [1.165, 1.54) is 5.69 Å². The molecule has 4 nitrogen and oxygen atoms in total. The van der Waals surface area contributed by atoms with E-state index < -0.39 is 0 Å². The molecular weight excluding hydrogens is 294 g/mol. The number of hydrogen-bond donors (Lipinski definition) is 1. The van der Waals surface area contributed by atoms with Crippen LogP contribution < -0.4 is 10.2 Å². The maximum Gasteiger partial charge on any atom is 0.229 e. The average molecular weight is 317 g/mol. The van der Waals surface area contributed by atoms with Gasteiger partial charge >= 0.3 is 0 Å². The van der Waals surface area contributed by atoms with Crippen molar-refractivity contribution < 1.29 is 4.79 Å². The Kier molecular flexibility index (Phi) is 5.55. The van der Waals surface area contributed by atoms with Gasteiger partial charge in [-0.25, -0.2) is 4.98 Å². The number of carbonyl (C=O) groups is 1. The van der Waals surface area contributed by atoms with Crippen LogP contribution in [0.15, 0.2) is 24.3 Å². The third-order valence-electron chi connectivity index (χ3n) is 3.60. The highest BCUT2D eigenvalue weighted by atomic mass is 32.1. The van der Waals surface area contributed by atoms with Crippen LogP contribution in [0, 0.1) is 13.8 Å². The number of benzene rings is 1. The Morgan fingerprint density at radius 1 is 1.18 bits per heavy atom. The average Bonchev–Trinajstić information content (AvgIpc) is 2.79. The molecule has 5 heteroatoms. The van der Waals surface area contributed by atoms with Crippen molar-refractivity contribution in [2.75, 3.05) is 23.3 Å². The van der Waals surface area contributed by atoms with E-state index in [1.807, 2.05) is 38.1 Å². The Balaban J connectivity index is 1.98. The van der Waals surface area contributed by atoms with E-state index in [-0.39, 0.29) is 5.91 Å². The lowest BCUT2D eigenvalue weighted by molar-refractivity contribution is -0.115. The second-order valence-electron chi connectivity index (χ2n) is 5.19. The SMILES string of the molecule is CCN(CC)c1ccc(NC(=O)Cc2sc(C)nc2C)cc1. The van der Waals surface area contributed by atoms with Gasteiger partial charge in [-0.2, -0.15) is 0 Å². The van der Waals surface area contributed by atoms with Gasteiger partial charge in [0.2, 0.25) is 5.91 Å². The predicted octanol–water partition coefficient (Wildman–Crippen LogP) is 3.79. The molecule has 0 saturated heterocycles. The van der Waals surface area contributed by atoms with Crippen molar-refractivity contribution in [3.8, 4) is 0 Å². The molecule has 0 saturated carbocycles. The van der Waals surface area contributed by atoms with Gasteiger partial charge in [-0.3, -0.25) is 4.79 Å². The number of hydrogen-bond acceptors (Lipinski definition) is 4. The van der Waals surface area contributed by atoms with Gasteiger partial charge in [0.15, 0.2) is 0 Å². The Hall–Kier alpha value is -1.88. The van der Waals surface area contributed by atoms with Crippen LogP contribution in [-0.4, -0.2) is 24.0 Å². The predicted molar refractivity (Wildman–Crippen MR) is 93.9 cm³/mol. The summed E-state index contributed by atoms with van der Waals surface area (Å²) in [4.78, 5) is 19.8. The van der Waals surface area contributed by atoms with Crippen molar-refractivity contribution in [2.45, 2.75) is 34.1 Å². The summed E-state index contributed by atoms with van der Waals surface area (Å²) in [7, 11) is 0. The number of nitrogens with one attached hydrogen (secondary N) is 1. The number of thiazole rings is 1. The monoisotopic (exact) mass is 317 g/mol. The molecule has 0 aliphatic carbocycles. The first-order chi connectivity index (χ1) is 10.5. The maximum atomic E-state index is 12.1. The summed E-state index contributed by atoms with van der Waals surface area (Å²) < 4.78 is 0. The number of anilines is 2. The first-order valence-electron chi connectivity index (χ1n) is 7.61. The van der Waals surface area contributed by atoms with Crippen molar-refractivity contribution in [3.05, 3.63) is 39.8 Å². The van der Waals surface area contributed by atoms with E-state index in [9.17, 15) is 4.79 Å². The van der Waals surface area contributed by atoms with Gasteiger partial charge in [-0.15, -0.1) is 11.3 Å². The van der Waals surface area contributed by atoms with Crippen LogP contribution in [-0.2, 0) is 11.2 Å². The van der Waals surface area contributed by atoms with Crippen LogP contribution in [0.3, 0.4) is 0 Å². The van der Waals surface area contributed by atoms with Crippen LogP contribution in [0.1, 0.15) is 29.4 Å². The second kappa shape index (κ2) is 7.40. The molecule has 0 fully saturated rings. The van der Waals surface area contributed by atoms with Gasteiger partial charge in [0.25, 0.3) is 0 Å². The molecule has 0 radical (unpaired) electrons. The molecule has 118 valence electrons. The zero-order valence-electron chi connectivity index (χ0n) is 13.6. The highest BCUT2D eigenvalue weighted by Gasteiger charge is 2.10. The fraction of sp³-hybridized carbons (Fsp3) is 0.412. The zero-order chi connectivity index (χ0) is 16.1. The number of amides is 1. The Morgan fingerprint density at radius 2 is 1.82 bits per heavy atom. The largest absolute Gasteiger partial charge is 0.372 e. The number of aryl methyl sites for hydroxylation is 2. The van der Waals surface area contributed by atoms with Gasteiger partial charge in [-0.05, 0) is 52.0 Å². The van der Waals surface area contributed by atoms with Crippen LogP contribution in [0.4, 0.5) is 11.4 Å². The third kappa shape index (κ3) is 4.07. The van der Waals surface area contributed by atoms with E-state index in [1.54, 1.807) is 11.3 Å². The summed E-state index contributed by atoms with van der Waals surface area (Å²) >= 11 is 1.59. The molecule has 1 aromatic heterocycles. The molecule has 0 bridgehead atoms. The van der Waals surface area contributed by atoms with E-state index in [4.69, 9.17) is 0 Å². The fourth-order valence-electron chi connectivity index (χ4n) is 2.43. The Labute approximate surface area is 136 Å². The molecule has 1 aromatic carbocycles. The van der Waals surface area contributed by atoms with E-state index in [0.29, 0.717) is 6.42 Å². The highest BCUT2D eigenvalue weighted by molar-refractivity contribution is 7.11. The van der Waals surface area contributed by atoms with Crippen molar-refractivity contribution in [2.24, 2.45) is 0 Å². The minimum atomic E-state index is 0.00217. The summed E-state index contributed by atoms with van der Waals surface area (Å²) in [5, 5.41) is 3.95. The smallest absolute Gasteiger partial charge is 0.229 e. The number of carbonyl (C=O) groups excluding carboxylic acids is 1. The molecule has 1 amide bonds. The Morgan fingerprint density at radius 3 is 2.32 bits per heavy atom. The van der Waals surface area contributed by atoms with Gasteiger partial charge in [0.1, 0.15) is 0 Å². The van der Waals surface area contributed by atoms with E-state index in [2.05, 4.69) is 29.0 Å². The number of nitrogens with zero attached hydrogens (tertiary/aromatic N) is 2. The quantitative estimate of drug-likeness (QED) is 0.881. The molecule has 2 aromatic rings. The van der Waals surface area contributed by atoms with Crippen LogP contribution in [0.2, 0.25) is 0 Å². The lowest BCUT2D eigenvalue weighted by atomic mass is 10.2. The van der Waals surface area contributed by atoms with Crippen molar-refractivity contribution in [3.63, 3.8) is 0 Å². The molecule has 0 atom stereocenters. The number of rotatable bonds is 6. The van der Waals surface area contributed by atoms with E-state index >= 15 is 0 Å². The molecule has 1 N–H and O–H groups in total. The minimum absolute atomic E-state index is 0.00217. The van der Waals surface area contributed by atoms with Gasteiger partial charge in [-0.1, -0.05) is 0 Å². The van der Waals surface area contributed by atoms with Crippen LogP contribution in [0.5, 0.6) is 0 Å². The zero-order valence-corrected chi connectivity index (χ0v) is 14.5. The fourth-order valence-corrected chi connectivity index (χ4v) is 3.37. The molecule has 0 unspecified atom stereocenters. The van der Waals surface area contributed by atoms with Crippen molar-refractivity contribution in [1.82, 2.24) is 4.98 Å². The molecule has 0 spiro atoms. The topological polar surface area (TPSA) is 45.2 Å². The molecule has 1 heterocycles. The summed E-state index contributed by atoms with van der Waals surface area (Å²) in [5.74, 6) is 0.00217. The molecule has 2 rings (SSSR count). The molecule has 0 aliphatic rings. The minimum Gasteiger partial charge on any atom is -0.372 e. The molecule has 22 heavy (non-hydrogen) atoms. The second-order valence-corrected chi connectivity index (χ2v) is 6.47. The summed E-state index contributed by atoms with van der Waals surface area (Å²) in [6.07, 6.45) is 0.384. The van der Waals surface area contributed by atoms with Crippen molar-refractivity contribution >= 4 is 28.6 Å². The molecular formula is C17H23N3OS.